The first-order valence-electron chi connectivity index (χ1n) is 7.64. The second-order valence-corrected chi connectivity index (χ2v) is 5.82. The van der Waals surface area contributed by atoms with Gasteiger partial charge in [-0.1, -0.05) is 37.3 Å². The summed E-state index contributed by atoms with van der Waals surface area (Å²) in [4.78, 5) is 24.3. The van der Waals surface area contributed by atoms with Crippen molar-refractivity contribution in [2.24, 2.45) is 11.8 Å². The van der Waals surface area contributed by atoms with Crippen molar-refractivity contribution in [3.05, 3.63) is 35.9 Å². The van der Waals surface area contributed by atoms with Gasteiger partial charge in [-0.3, -0.25) is 4.79 Å². The maximum absolute atomic E-state index is 13.0. The van der Waals surface area contributed by atoms with Crippen LogP contribution in [0.25, 0.3) is 0 Å². The number of likely N-dealkylation sites (tertiary alicyclic amines) is 1. The van der Waals surface area contributed by atoms with E-state index < -0.39 is 43.1 Å². The molecule has 0 spiro atoms. The van der Waals surface area contributed by atoms with E-state index >= 15 is 0 Å². The fourth-order valence-corrected chi connectivity index (χ4v) is 2.90. The van der Waals surface area contributed by atoms with Crippen LogP contribution < -0.4 is 5.32 Å². The lowest BCUT2D eigenvalue weighted by molar-refractivity contribution is -0.187. The molecule has 1 saturated heterocycles. The Bertz CT molecular complexity index is 592. The molecule has 0 aliphatic carbocycles. The Labute approximate surface area is 137 Å². The number of nitrogens with one attached hydrogen (secondary N) is 1. The van der Waals surface area contributed by atoms with Gasteiger partial charge >= 0.3 is 18.2 Å². The second kappa shape index (κ2) is 7.11. The molecule has 1 unspecified atom stereocenters. The highest BCUT2D eigenvalue weighted by Crippen LogP contribution is 2.37. The van der Waals surface area contributed by atoms with E-state index in [1.807, 2.05) is 25.1 Å². The van der Waals surface area contributed by atoms with Gasteiger partial charge in [-0.05, 0) is 12.0 Å². The minimum atomic E-state index is -4.65. The van der Waals surface area contributed by atoms with Gasteiger partial charge < -0.3 is 15.3 Å². The number of amides is 2. The second-order valence-electron chi connectivity index (χ2n) is 5.82. The van der Waals surface area contributed by atoms with E-state index in [2.05, 4.69) is 5.32 Å². The normalized spacial score (nSPS) is 22.2. The number of rotatable bonds is 4. The van der Waals surface area contributed by atoms with Crippen LogP contribution >= 0.6 is 0 Å². The van der Waals surface area contributed by atoms with E-state index in [9.17, 15) is 22.8 Å². The molecule has 132 valence electrons. The number of hydrogen-bond acceptors (Lipinski definition) is 2. The summed E-state index contributed by atoms with van der Waals surface area (Å²) in [5.41, 5.74) is 0.842. The summed E-state index contributed by atoms with van der Waals surface area (Å²) in [7, 11) is 0. The molecule has 0 aromatic heterocycles. The zero-order valence-corrected chi connectivity index (χ0v) is 13.1. The van der Waals surface area contributed by atoms with Crippen LogP contribution in [-0.2, 0) is 4.79 Å². The summed E-state index contributed by atoms with van der Waals surface area (Å²) in [6.45, 7) is 0.759. The van der Waals surface area contributed by atoms with Crippen molar-refractivity contribution in [3.63, 3.8) is 0 Å². The monoisotopic (exact) mass is 344 g/mol. The van der Waals surface area contributed by atoms with E-state index in [4.69, 9.17) is 5.11 Å². The van der Waals surface area contributed by atoms with E-state index in [1.54, 1.807) is 12.1 Å². The number of benzene rings is 1. The summed E-state index contributed by atoms with van der Waals surface area (Å²) >= 11 is 0. The highest BCUT2D eigenvalue weighted by Gasteiger charge is 2.53. The van der Waals surface area contributed by atoms with Crippen molar-refractivity contribution in [1.29, 1.82) is 0 Å². The first kappa shape index (κ1) is 18.1. The first-order valence-corrected chi connectivity index (χ1v) is 7.64. The highest BCUT2D eigenvalue weighted by molar-refractivity contribution is 5.78. The van der Waals surface area contributed by atoms with Gasteiger partial charge in [0.2, 0.25) is 0 Å². The quantitative estimate of drug-likeness (QED) is 0.882. The molecule has 1 heterocycles. The molecule has 5 nitrogen and oxygen atoms in total. The lowest BCUT2D eigenvalue weighted by Gasteiger charge is -2.23. The van der Waals surface area contributed by atoms with Crippen molar-refractivity contribution >= 4 is 12.0 Å². The summed E-state index contributed by atoms with van der Waals surface area (Å²) < 4.78 is 38.9. The number of nitrogens with zero attached hydrogens (tertiary/aromatic N) is 1. The Morgan fingerprint density at radius 1 is 1.29 bits per heavy atom. The molecule has 1 aliphatic rings. The molecule has 0 bridgehead atoms. The van der Waals surface area contributed by atoms with E-state index in [0.717, 1.165) is 10.5 Å². The lowest BCUT2D eigenvalue weighted by atomic mass is 9.96. The highest BCUT2D eigenvalue weighted by atomic mass is 19.4. The van der Waals surface area contributed by atoms with Gasteiger partial charge in [0.25, 0.3) is 0 Å². The van der Waals surface area contributed by atoms with Crippen LogP contribution in [0, 0.1) is 11.8 Å². The average Bonchev–Trinajstić information content (AvgIpc) is 2.99. The molecule has 1 aliphatic heterocycles. The summed E-state index contributed by atoms with van der Waals surface area (Å²) in [5, 5.41) is 11.7. The van der Waals surface area contributed by atoms with Crippen LogP contribution in [0.15, 0.2) is 30.3 Å². The third-order valence-corrected chi connectivity index (χ3v) is 4.25. The van der Waals surface area contributed by atoms with Crippen LogP contribution in [0.1, 0.15) is 24.9 Å². The molecular weight excluding hydrogens is 325 g/mol. The Hall–Kier alpha value is -2.25. The Balaban J connectivity index is 2.08. The van der Waals surface area contributed by atoms with E-state index in [1.165, 1.54) is 0 Å². The van der Waals surface area contributed by atoms with Crippen molar-refractivity contribution in [2.75, 3.05) is 13.1 Å². The number of halogens is 3. The number of hydrogen-bond donors (Lipinski definition) is 2. The maximum atomic E-state index is 13.0. The summed E-state index contributed by atoms with van der Waals surface area (Å²) in [6.07, 6.45) is -4.09. The Kier molecular flexibility index (Phi) is 5.36. The largest absolute Gasteiger partial charge is 0.481 e. The fraction of sp³-hybridized carbons (Fsp3) is 0.500. The van der Waals surface area contributed by atoms with Crippen molar-refractivity contribution < 1.29 is 27.9 Å². The number of carbonyl (C=O) groups excluding carboxylic acids is 1. The van der Waals surface area contributed by atoms with Crippen molar-refractivity contribution in [2.45, 2.75) is 25.6 Å². The summed E-state index contributed by atoms with van der Waals surface area (Å²) in [5.74, 6) is -5.21. The molecule has 0 saturated carbocycles. The van der Waals surface area contributed by atoms with E-state index in [0.29, 0.717) is 6.42 Å². The zero-order chi connectivity index (χ0) is 17.9. The fourth-order valence-electron chi connectivity index (χ4n) is 2.90. The van der Waals surface area contributed by atoms with Gasteiger partial charge in [-0.25, -0.2) is 4.79 Å². The number of carbonyl (C=O) groups is 2. The maximum Gasteiger partial charge on any atom is 0.394 e. The molecule has 2 N–H and O–H groups in total. The molecule has 1 aromatic rings. The molecule has 24 heavy (non-hydrogen) atoms. The van der Waals surface area contributed by atoms with Crippen LogP contribution in [0.2, 0.25) is 0 Å². The number of alkyl halides is 3. The van der Waals surface area contributed by atoms with Gasteiger partial charge in [0.1, 0.15) is 0 Å². The van der Waals surface area contributed by atoms with Crippen LogP contribution in [0.5, 0.6) is 0 Å². The standard InChI is InChI=1S/C16H19F3N2O3/c1-2-13(10-6-4-3-5-7-10)20-15(24)21-8-11(14(22)23)12(9-21)16(17,18)19/h3-7,11-13H,2,8-9H2,1H3,(H,20,24)(H,22,23)/t11-,12-,13?/m1/s1. The molecule has 0 radical (unpaired) electrons. The third kappa shape index (κ3) is 3.98. The topological polar surface area (TPSA) is 69.6 Å². The Morgan fingerprint density at radius 2 is 1.92 bits per heavy atom. The predicted molar refractivity (Wildman–Crippen MR) is 80.2 cm³/mol. The predicted octanol–water partition coefficient (Wildman–Crippen LogP) is 3.04. The molecule has 8 heteroatoms. The van der Waals surface area contributed by atoms with Gasteiger partial charge in [0.15, 0.2) is 0 Å². The molecule has 3 atom stereocenters. The smallest absolute Gasteiger partial charge is 0.394 e. The number of carboxylic acid groups (broad SMARTS) is 1. The SMILES string of the molecule is CCC(NC(=O)N1C[C@@H](C(F)(F)F)[C@H](C(=O)O)C1)c1ccccc1. The van der Waals surface area contributed by atoms with Crippen LogP contribution in [0.3, 0.4) is 0 Å². The average molecular weight is 344 g/mol. The zero-order valence-electron chi connectivity index (χ0n) is 13.1. The van der Waals surface area contributed by atoms with E-state index in [-0.39, 0.29) is 6.04 Å². The van der Waals surface area contributed by atoms with Gasteiger partial charge in [0.05, 0.1) is 17.9 Å². The van der Waals surface area contributed by atoms with Crippen molar-refractivity contribution in [3.8, 4) is 0 Å². The molecular formula is C16H19F3N2O3. The van der Waals surface area contributed by atoms with Gasteiger partial charge in [0, 0.05) is 13.1 Å². The first-order chi connectivity index (χ1) is 11.2. The number of aliphatic carboxylic acids is 1. The van der Waals surface area contributed by atoms with Crippen LogP contribution in [0.4, 0.5) is 18.0 Å². The molecule has 1 fully saturated rings. The Morgan fingerprint density at radius 3 is 2.38 bits per heavy atom. The van der Waals surface area contributed by atoms with Crippen molar-refractivity contribution in [1.82, 2.24) is 10.2 Å². The lowest BCUT2D eigenvalue weighted by Crippen LogP contribution is -2.41. The summed E-state index contributed by atoms with van der Waals surface area (Å²) in [6, 6.07) is 8.05. The molecule has 2 amide bonds. The minimum absolute atomic E-state index is 0.341. The third-order valence-electron chi connectivity index (χ3n) is 4.25. The minimum Gasteiger partial charge on any atom is -0.481 e. The molecule has 2 rings (SSSR count). The van der Waals surface area contributed by atoms with Crippen LogP contribution in [-0.4, -0.2) is 41.3 Å². The number of urea groups is 1. The number of carboxylic acids is 1. The van der Waals surface area contributed by atoms with Gasteiger partial charge in [-0.15, -0.1) is 0 Å². The van der Waals surface area contributed by atoms with Gasteiger partial charge in [-0.2, -0.15) is 13.2 Å². The molecule has 1 aromatic carbocycles.